The standard InChI is InChI=1S/C14H28N2O2/c1-3-12(2)11-14(17)16-7-4-10-18-13-5-8-15-9-6-13/h12-13,15H,3-11H2,1-2H3,(H,16,17). The molecule has 1 aliphatic heterocycles. The first-order valence-electron chi connectivity index (χ1n) is 7.31. The minimum absolute atomic E-state index is 0.172. The van der Waals surface area contributed by atoms with Crippen molar-refractivity contribution >= 4 is 5.91 Å². The maximum absolute atomic E-state index is 11.5. The quantitative estimate of drug-likeness (QED) is 0.650. The zero-order valence-electron chi connectivity index (χ0n) is 11.8. The molecule has 1 unspecified atom stereocenters. The predicted molar refractivity (Wildman–Crippen MR) is 73.5 cm³/mol. The van der Waals surface area contributed by atoms with Crippen molar-refractivity contribution in [3.8, 4) is 0 Å². The summed E-state index contributed by atoms with van der Waals surface area (Å²) in [4.78, 5) is 11.5. The summed E-state index contributed by atoms with van der Waals surface area (Å²) in [6, 6.07) is 0. The summed E-state index contributed by atoms with van der Waals surface area (Å²) in [6.45, 7) is 7.85. The highest BCUT2D eigenvalue weighted by molar-refractivity contribution is 5.76. The first-order chi connectivity index (χ1) is 8.72. The first kappa shape index (κ1) is 15.4. The lowest BCUT2D eigenvalue weighted by Gasteiger charge is -2.22. The molecule has 0 bridgehead atoms. The molecule has 0 radical (unpaired) electrons. The normalized spacial score (nSPS) is 18.6. The monoisotopic (exact) mass is 256 g/mol. The van der Waals surface area contributed by atoms with Crippen LogP contribution in [-0.2, 0) is 9.53 Å². The minimum atomic E-state index is 0.172. The molecule has 1 rings (SSSR count). The fourth-order valence-corrected chi connectivity index (χ4v) is 2.05. The number of hydrogen-bond acceptors (Lipinski definition) is 3. The topological polar surface area (TPSA) is 50.4 Å². The van der Waals surface area contributed by atoms with Gasteiger partial charge in [-0.3, -0.25) is 4.79 Å². The van der Waals surface area contributed by atoms with Gasteiger partial charge in [0.2, 0.25) is 5.91 Å². The van der Waals surface area contributed by atoms with Gasteiger partial charge in [-0.15, -0.1) is 0 Å². The number of ether oxygens (including phenoxy) is 1. The fourth-order valence-electron chi connectivity index (χ4n) is 2.05. The van der Waals surface area contributed by atoms with Crippen LogP contribution in [0.25, 0.3) is 0 Å². The van der Waals surface area contributed by atoms with Crippen molar-refractivity contribution in [1.29, 1.82) is 0 Å². The van der Waals surface area contributed by atoms with Crippen LogP contribution in [0, 0.1) is 5.92 Å². The molecule has 1 amide bonds. The molecule has 0 aromatic rings. The molecule has 1 saturated heterocycles. The van der Waals surface area contributed by atoms with Crippen molar-refractivity contribution in [1.82, 2.24) is 10.6 Å². The lowest BCUT2D eigenvalue weighted by Crippen LogP contribution is -2.33. The summed E-state index contributed by atoms with van der Waals surface area (Å²) in [7, 11) is 0. The number of rotatable bonds is 8. The average molecular weight is 256 g/mol. The lowest BCUT2D eigenvalue weighted by atomic mass is 10.1. The van der Waals surface area contributed by atoms with E-state index in [1.165, 1.54) is 0 Å². The van der Waals surface area contributed by atoms with Gasteiger partial charge in [-0.1, -0.05) is 20.3 Å². The Labute approximate surface area is 111 Å². The van der Waals surface area contributed by atoms with Crippen LogP contribution >= 0.6 is 0 Å². The molecule has 1 heterocycles. The molecule has 1 fully saturated rings. The molecule has 0 spiro atoms. The number of carbonyl (C=O) groups excluding carboxylic acids is 1. The van der Waals surface area contributed by atoms with Gasteiger partial charge in [0.25, 0.3) is 0 Å². The van der Waals surface area contributed by atoms with Crippen molar-refractivity contribution in [3.05, 3.63) is 0 Å². The fraction of sp³-hybridized carbons (Fsp3) is 0.929. The van der Waals surface area contributed by atoms with Crippen LogP contribution in [0.4, 0.5) is 0 Å². The van der Waals surface area contributed by atoms with Crippen molar-refractivity contribution in [2.24, 2.45) is 5.92 Å². The van der Waals surface area contributed by atoms with E-state index >= 15 is 0 Å². The van der Waals surface area contributed by atoms with Gasteiger partial charge in [-0.05, 0) is 38.3 Å². The average Bonchev–Trinajstić information content (AvgIpc) is 2.39. The van der Waals surface area contributed by atoms with Crippen molar-refractivity contribution in [3.63, 3.8) is 0 Å². The van der Waals surface area contributed by atoms with Crippen LogP contribution < -0.4 is 10.6 Å². The van der Waals surface area contributed by atoms with E-state index in [1.54, 1.807) is 0 Å². The van der Waals surface area contributed by atoms with E-state index in [4.69, 9.17) is 4.74 Å². The molecule has 18 heavy (non-hydrogen) atoms. The smallest absolute Gasteiger partial charge is 0.220 e. The Kier molecular flexibility index (Phi) is 8.01. The molecule has 1 atom stereocenters. The number of nitrogens with one attached hydrogen (secondary N) is 2. The number of piperidine rings is 1. The molecular weight excluding hydrogens is 228 g/mol. The van der Waals surface area contributed by atoms with Gasteiger partial charge >= 0.3 is 0 Å². The van der Waals surface area contributed by atoms with Crippen molar-refractivity contribution < 1.29 is 9.53 Å². The van der Waals surface area contributed by atoms with Gasteiger partial charge in [0, 0.05) is 19.6 Å². The zero-order chi connectivity index (χ0) is 13.2. The second-order valence-electron chi connectivity index (χ2n) is 5.24. The zero-order valence-corrected chi connectivity index (χ0v) is 11.8. The summed E-state index contributed by atoms with van der Waals surface area (Å²) in [5.74, 6) is 0.655. The van der Waals surface area contributed by atoms with Crippen LogP contribution in [0.15, 0.2) is 0 Å². The highest BCUT2D eigenvalue weighted by Crippen LogP contribution is 2.07. The summed E-state index contributed by atoms with van der Waals surface area (Å²) >= 11 is 0. The third-order valence-corrected chi connectivity index (χ3v) is 3.51. The molecule has 0 aromatic carbocycles. The van der Waals surface area contributed by atoms with Gasteiger partial charge in [-0.2, -0.15) is 0 Å². The Hall–Kier alpha value is -0.610. The van der Waals surface area contributed by atoms with E-state index in [9.17, 15) is 4.79 Å². The molecule has 4 nitrogen and oxygen atoms in total. The summed E-state index contributed by atoms with van der Waals surface area (Å²) in [5, 5.41) is 6.27. The number of carbonyl (C=O) groups is 1. The van der Waals surface area contributed by atoms with Gasteiger partial charge in [-0.25, -0.2) is 0 Å². The Morgan fingerprint density at radius 3 is 2.83 bits per heavy atom. The van der Waals surface area contributed by atoms with E-state index in [0.717, 1.165) is 51.9 Å². The molecule has 106 valence electrons. The first-order valence-corrected chi connectivity index (χ1v) is 7.31. The van der Waals surface area contributed by atoms with Crippen molar-refractivity contribution in [2.75, 3.05) is 26.2 Å². The van der Waals surface area contributed by atoms with Crippen LogP contribution in [0.5, 0.6) is 0 Å². The van der Waals surface area contributed by atoms with E-state index in [-0.39, 0.29) is 5.91 Å². The minimum Gasteiger partial charge on any atom is -0.378 e. The van der Waals surface area contributed by atoms with Crippen LogP contribution in [-0.4, -0.2) is 38.3 Å². The molecule has 2 N–H and O–H groups in total. The van der Waals surface area contributed by atoms with Gasteiger partial charge < -0.3 is 15.4 Å². The highest BCUT2D eigenvalue weighted by atomic mass is 16.5. The maximum atomic E-state index is 11.5. The summed E-state index contributed by atoms with van der Waals surface area (Å²) in [6.07, 6.45) is 5.26. The molecule has 1 aliphatic rings. The van der Waals surface area contributed by atoms with Gasteiger partial charge in [0.1, 0.15) is 0 Å². The summed E-state index contributed by atoms with van der Waals surface area (Å²) < 4.78 is 5.78. The maximum Gasteiger partial charge on any atom is 0.220 e. The Bertz CT molecular complexity index is 228. The van der Waals surface area contributed by atoms with E-state index in [0.29, 0.717) is 18.4 Å². The molecule has 0 saturated carbocycles. The van der Waals surface area contributed by atoms with E-state index in [2.05, 4.69) is 24.5 Å². The second-order valence-corrected chi connectivity index (χ2v) is 5.24. The third-order valence-electron chi connectivity index (χ3n) is 3.51. The predicted octanol–water partition coefficient (Wildman–Crippen LogP) is 1.70. The lowest BCUT2D eigenvalue weighted by molar-refractivity contribution is -0.121. The van der Waals surface area contributed by atoms with Crippen LogP contribution in [0.2, 0.25) is 0 Å². The second kappa shape index (κ2) is 9.34. The Balaban J connectivity index is 1.92. The Morgan fingerprint density at radius 1 is 1.44 bits per heavy atom. The molecule has 4 heteroatoms. The molecule has 0 aliphatic carbocycles. The third kappa shape index (κ3) is 6.97. The van der Waals surface area contributed by atoms with Crippen molar-refractivity contribution in [2.45, 2.75) is 52.1 Å². The van der Waals surface area contributed by atoms with E-state index < -0.39 is 0 Å². The number of hydrogen-bond donors (Lipinski definition) is 2. The molecular formula is C14H28N2O2. The largest absolute Gasteiger partial charge is 0.378 e. The van der Waals surface area contributed by atoms with Gasteiger partial charge in [0.05, 0.1) is 6.10 Å². The number of amides is 1. The van der Waals surface area contributed by atoms with Gasteiger partial charge in [0.15, 0.2) is 0 Å². The van der Waals surface area contributed by atoms with E-state index in [1.807, 2.05) is 0 Å². The Morgan fingerprint density at radius 2 is 2.17 bits per heavy atom. The molecule has 0 aromatic heterocycles. The van der Waals surface area contributed by atoms with Crippen LogP contribution in [0.1, 0.15) is 46.0 Å². The highest BCUT2D eigenvalue weighted by Gasteiger charge is 2.12. The summed E-state index contributed by atoms with van der Waals surface area (Å²) in [5.41, 5.74) is 0. The SMILES string of the molecule is CCC(C)CC(=O)NCCCOC1CCNCC1. The van der Waals surface area contributed by atoms with Crippen LogP contribution in [0.3, 0.4) is 0 Å².